The lowest BCUT2D eigenvalue weighted by Gasteiger charge is -2.24. The highest BCUT2D eigenvalue weighted by molar-refractivity contribution is 6.02. The number of fused-ring (bicyclic) bond motifs is 1. The number of rotatable bonds is 3. The number of anilines is 2. The third-order valence-electron chi connectivity index (χ3n) is 3.79. The molecule has 0 atom stereocenters. The van der Waals surface area contributed by atoms with Gasteiger partial charge in [-0.05, 0) is 29.7 Å². The molecule has 23 heavy (non-hydrogen) atoms. The fraction of sp³-hybridized carbons (Fsp3) is 0.0556. The Hall–Kier alpha value is -3.21. The molecule has 0 unspecified atom stereocenters. The van der Waals surface area contributed by atoms with Crippen LogP contribution in [-0.2, 0) is 0 Å². The van der Waals surface area contributed by atoms with Gasteiger partial charge in [0.05, 0.1) is 16.9 Å². The van der Waals surface area contributed by atoms with Gasteiger partial charge in [-0.1, -0.05) is 30.3 Å². The molecule has 0 radical (unpaired) electrons. The largest absolute Gasteiger partial charge is 0.508 e. The molecule has 0 aliphatic rings. The predicted molar refractivity (Wildman–Crippen MR) is 88.7 cm³/mol. The van der Waals surface area contributed by atoms with Crippen molar-refractivity contribution in [3.8, 4) is 11.5 Å². The molecule has 0 aliphatic carbocycles. The monoisotopic (exact) mass is 309 g/mol. The summed E-state index contributed by atoms with van der Waals surface area (Å²) in [4.78, 5) is 13.1. The molecule has 3 N–H and O–H groups in total. The molecule has 0 fully saturated rings. The van der Waals surface area contributed by atoms with Gasteiger partial charge < -0.3 is 20.2 Å². The third-order valence-corrected chi connectivity index (χ3v) is 3.79. The van der Waals surface area contributed by atoms with Crippen molar-refractivity contribution in [1.82, 2.24) is 0 Å². The number of aromatic hydroxyl groups is 2. The van der Waals surface area contributed by atoms with Gasteiger partial charge in [0, 0.05) is 12.4 Å². The van der Waals surface area contributed by atoms with Crippen LogP contribution in [0.5, 0.6) is 11.5 Å². The fourth-order valence-electron chi connectivity index (χ4n) is 2.70. The van der Waals surface area contributed by atoms with Crippen LogP contribution >= 0.6 is 0 Å². The van der Waals surface area contributed by atoms with Crippen LogP contribution in [0.1, 0.15) is 10.4 Å². The zero-order valence-corrected chi connectivity index (χ0v) is 12.4. The molecule has 5 heteroatoms. The quantitative estimate of drug-likeness (QED) is 0.687. The molecule has 0 saturated heterocycles. The van der Waals surface area contributed by atoms with Crippen LogP contribution in [0.4, 0.5) is 11.4 Å². The first kappa shape index (κ1) is 14.7. The van der Waals surface area contributed by atoms with E-state index in [1.54, 1.807) is 24.1 Å². The van der Waals surface area contributed by atoms with Crippen molar-refractivity contribution in [3.05, 3.63) is 60.2 Å². The first-order valence-corrected chi connectivity index (χ1v) is 7.00. The second kappa shape index (κ2) is 5.53. The van der Waals surface area contributed by atoms with Crippen molar-refractivity contribution in [2.75, 3.05) is 11.9 Å². The second-order valence-electron chi connectivity index (χ2n) is 5.22. The average Bonchev–Trinajstić information content (AvgIpc) is 2.54. The minimum absolute atomic E-state index is 0.0418. The molecule has 0 amide bonds. The summed E-state index contributed by atoms with van der Waals surface area (Å²) in [5.41, 5.74) is 0.845. The normalized spacial score (nSPS) is 10.7. The van der Waals surface area contributed by atoms with Crippen LogP contribution in [0.3, 0.4) is 0 Å². The zero-order valence-electron chi connectivity index (χ0n) is 12.4. The number of phenols is 2. The first-order chi connectivity index (χ1) is 11.0. The molecule has 3 aromatic rings. The molecule has 0 aliphatic heterocycles. The number of carboxylic acids is 1. The maximum Gasteiger partial charge on any atom is 0.337 e. The van der Waals surface area contributed by atoms with E-state index in [9.17, 15) is 20.1 Å². The maximum atomic E-state index is 11.5. The molecular weight excluding hydrogens is 294 g/mol. The van der Waals surface area contributed by atoms with E-state index >= 15 is 0 Å². The molecule has 3 aromatic carbocycles. The molecule has 0 bridgehead atoms. The summed E-state index contributed by atoms with van der Waals surface area (Å²) in [7, 11) is 1.68. The van der Waals surface area contributed by atoms with E-state index in [0.29, 0.717) is 11.4 Å². The van der Waals surface area contributed by atoms with Crippen molar-refractivity contribution in [2.45, 2.75) is 0 Å². The van der Waals surface area contributed by atoms with Crippen molar-refractivity contribution in [3.63, 3.8) is 0 Å². The van der Waals surface area contributed by atoms with Crippen molar-refractivity contribution >= 4 is 28.1 Å². The Morgan fingerprint density at radius 3 is 2.48 bits per heavy atom. The summed E-state index contributed by atoms with van der Waals surface area (Å²) in [6, 6.07) is 15.0. The average molecular weight is 309 g/mol. The summed E-state index contributed by atoms with van der Waals surface area (Å²) in [6.07, 6.45) is 0. The summed E-state index contributed by atoms with van der Waals surface area (Å²) < 4.78 is 0. The van der Waals surface area contributed by atoms with E-state index < -0.39 is 5.97 Å². The van der Waals surface area contributed by atoms with E-state index in [4.69, 9.17) is 0 Å². The van der Waals surface area contributed by atoms with Crippen molar-refractivity contribution in [2.24, 2.45) is 0 Å². The van der Waals surface area contributed by atoms with Crippen LogP contribution in [-0.4, -0.2) is 28.3 Å². The van der Waals surface area contributed by atoms with Crippen LogP contribution in [0.15, 0.2) is 54.6 Å². The van der Waals surface area contributed by atoms with Gasteiger partial charge in [-0.15, -0.1) is 0 Å². The Kier molecular flexibility index (Phi) is 3.54. The standard InChI is InChI=1S/C18H15NO4/c1-19(15-8-7-12(20)10-14(15)18(22)23)17-13-5-3-2-4-11(13)6-9-16(17)21/h2-10,20-21H,1H3,(H,22,23). The minimum atomic E-state index is -1.15. The number of hydrogen-bond acceptors (Lipinski definition) is 4. The van der Waals surface area contributed by atoms with E-state index in [1.807, 2.05) is 24.3 Å². The van der Waals surface area contributed by atoms with Gasteiger partial charge >= 0.3 is 5.97 Å². The van der Waals surface area contributed by atoms with Gasteiger partial charge in [-0.2, -0.15) is 0 Å². The van der Waals surface area contributed by atoms with Gasteiger partial charge in [0.1, 0.15) is 11.5 Å². The third kappa shape index (κ3) is 2.53. The molecule has 116 valence electrons. The van der Waals surface area contributed by atoms with Gasteiger partial charge in [-0.3, -0.25) is 0 Å². The van der Waals surface area contributed by atoms with Crippen LogP contribution < -0.4 is 4.90 Å². The highest BCUT2D eigenvalue weighted by Crippen LogP contribution is 2.40. The number of hydrogen-bond donors (Lipinski definition) is 3. The van der Waals surface area contributed by atoms with Crippen LogP contribution in [0.2, 0.25) is 0 Å². The Bertz CT molecular complexity index is 905. The number of carbonyl (C=O) groups is 1. The van der Waals surface area contributed by atoms with Gasteiger partial charge in [0.15, 0.2) is 0 Å². The summed E-state index contributed by atoms with van der Waals surface area (Å²) in [5.74, 6) is -1.22. The van der Waals surface area contributed by atoms with E-state index in [2.05, 4.69) is 0 Å². The Labute approximate surface area is 132 Å². The zero-order chi connectivity index (χ0) is 16.6. The maximum absolute atomic E-state index is 11.5. The SMILES string of the molecule is CN(c1ccc(O)cc1C(=O)O)c1c(O)ccc2ccccc12. The van der Waals surface area contributed by atoms with Crippen molar-refractivity contribution < 1.29 is 20.1 Å². The number of carboxylic acid groups (broad SMARTS) is 1. The lowest BCUT2D eigenvalue weighted by Crippen LogP contribution is -2.14. The molecule has 3 rings (SSSR count). The lowest BCUT2D eigenvalue weighted by molar-refractivity contribution is 0.0697. The van der Waals surface area contributed by atoms with E-state index in [1.165, 1.54) is 18.2 Å². The summed E-state index contributed by atoms with van der Waals surface area (Å²) >= 11 is 0. The van der Waals surface area contributed by atoms with E-state index in [0.717, 1.165) is 10.8 Å². The highest BCUT2D eigenvalue weighted by atomic mass is 16.4. The topological polar surface area (TPSA) is 81.0 Å². The first-order valence-electron chi connectivity index (χ1n) is 7.00. The molecular formula is C18H15NO4. The minimum Gasteiger partial charge on any atom is -0.508 e. The lowest BCUT2D eigenvalue weighted by atomic mass is 10.1. The molecule has 0 spiro atoms. The Morgan fingerprint density at radius 2 is 1.74 bits per heavy atom. The van der Waals surface area contributed by atoms with Crippen LogP contribution in [0.25, 0.3) is 10.8 Å². The number of nitrogens with zero attached hydrogens (tertiary/aromatic N) is 1. The van der Waals surface area contributed by atoms with Crippen molar-refractivity contribution in [1.29, 1.82) is 0 Å². The number of phenolic OH excluding ortho intramolecular Hbond substituents is 2. The Morgan fingerprint density at radius 1 is 1.00 bits per heavy atom. The molecule has 5 nitrogen and oxygen atoms in total. The molecule has 0 heterocycles. The highest BCUT2D eigenvalue weighted by Gasteiger charge is 2.19. The van der Waals surface area contributed by atoms with Gasteiger partial charge in [0.25, 0.3) is 0 Å². The fourth-order valence-corrected chi connectivity index (χ4v) is 2.70. The van der Waals surface area contributed by atoms with E-state index in [-0.39, 0.29) is 17.1 Å². The van der Waals surface area contributed by atoms with Crippen LogP contribution in [0, 0.1) is 0 Å². The van der Waals surface area contributed by atoms with Gasteiger partial charge in [-0.25, -0.2) is 4.79 Å². The second-order valence-corrected chi connectivity index (χ2v) is 5.22. The summed E-state index contributed by atoms with van der Waals surface area (Å²) in [6.45, 7) is 0. The molecule has 0 saturated carbocycles. The number of benzene rings is 3. The van der Waals surface area contributed by atoms with Gasteiger partial charge in [0.2, 0.25) is 0 Å². The summed E-state index contributed by atoms with van der Waals surface area (Å²) in [5, 5.41) is 30.9. The number of aromatic carboxylic acids is 1. The predicted octanol–water partition coefficient (Wildman–Crippen LogP) is 3.72. The Balaban J connectivity index is 2.24. The molecule has 0 aromatic heterocycles. The smallest absolute Gasteiger partial charge is 0.337 e.